The number of rotatable bonds is 2. The molecule has 3 fully saturated rings. The summed E-state index contributed by atoms with van der Waals surface area (Å²) in [5.74, 6) is 2.85. The Morgan fingerprint density at radius 2 is 1.76 bits per heavy atom. The number of nitrogens with zero attached hydrogens (tertiary/aromatic N) is 1. The van der Waals surface area contributed by atoms with E-state index >= 15 is 0 Å². The molecule has 5 heteroatoms. The lowest BCUT2D eigenvalue weighted by atomic mass is 9.84. The number of sulfone groups is 1. The first kappa shape index (κ1) is 11.9. The second kappa shape index (κ2) is 4.21. The molecular weight excluding hydrogens is 236 g/mol. The van der Waals surface area contributed by atoms with Crippen molar-refractivity contribution in [3.63, 3.8) is 0 Å². The number of nitrogens with two attached hydrogens (primary N) is 1. The van der Waals surface area contributed by atoms with E-state index in [1.54, 1.807) is 0 Å². The van der Waals surface area contributed by atoms with E-state index in [9.17, 15) is 8.42 Å². The first-order valence-corrected chi connectivity index (χ1v) is 8.56. The van der Waals surface area contributed by atoms with Crippen molar-refractivity contribution in [2.45, 2.75) is 25.3 Å². The van der Waals surface area contributed by atoms with Crippen LogP contribution in [0.2, 0.25) is 0 Å². The monoisotopic (exact) mass is 258 g/mol. The molecule has 1 heterocycles. The van der Waals surface area contributed by atoms with Crippen LogP contribution in [0.5, 0.6) is 0 Å². The molecule has 0 spiro atoms. The van der Waals surface area contributed by atoms with E-state index in [0.717, 1.165) is 18.4 Å². The molecule has 2 saturated carbocycles. The van der Waals surface area contributed by atoms with Crippen LogP contribution in [-0.2, 0) is 9.84 Å². The van der Waals surface area contributed by atoms with Gasteiger partial charge in [0.15, 0.2) is 9.84 Å². The fraction of sp³-hybridized carbons (Fsp3) is 1.00. The Balaban J connectivity index is 1.58. The highest BCUT2D eigenvalue weighted by Gasteiger charge is 2.46. The fourth-order valence-corrected chi connectivity index (χ4v) is 5.23. The maximum atomic E-state index is 11.4. The van der Waals surface area contributed by atoms with Gasteiger partial charge in [0.25, 0.3) is 0 Å². The lowest BCUT2D eigenvalue weighted by Gasteiger charge is -2.35. The van der Waals surface area contributed by atoms with Crippen molar-refractivity contribution in [1.82, 2.24) is 4.90 Å². The summed E-state index contributed by atoms with van der Waals surface area (Å²) in [5.41, 5.74) is 6.29. The predicted molar refractivity (Wildman–Crippen MR) is 67.4 cm³/mol. The summed E-state index contributed by atoms with van der Waals surface area (Å²) in [4.78, 5) is 2.31. The molecule has 3 aliphatic rings. The van der Waals surface area contributed by atoms with Crippen molar-refractivity contribution in [1.29, 1.82) is 0 Å². The molecule has 17 heavy (non-hydrogen) atoms. The van der Waals surface area contributed by atoms with E-state index in [-0.39, 0.29) is 0 Å². The zero-order valence-corrected chi connectivity index (χ0v) is 11.0. The van der Waals surface area contributed by atoms with Crippen molar-refractivity contribution in [2.75, 3.05) is 31.1 Å². The van der Waals surface area contributed by atoms with Crippen LogP contribution in [0.15, 0.2) is 0 Å². The van der Waals surface area contributed by atoms with Gasteiger partial charge in [-0.2, -0.15) is 0 Å². The summed E-state index contributed by atoms with van der Waals surface area (Å²) in [6, 6.07) is 0.368. The largest absolute Gasteiger partial charge is 0.327 e. The normalized spacial score (nSPS) is 45.2. The molecule has 1 aliphatic heterocycles. The Kier molecular flexibility index (Phi) is 2.96. The second-order valence-electron chi connectivity index (χ2n) is 6.03. The zero-order chi connectivity index (χ0) is 12.0. The summed E-state index contributed by atoms with van der Waals surface area (Å²) in [6.45, 7) is 2.45. The van der Waals surface area contributed by atoms with Crippen molar-refractivity contribution in [2.24, 2.45) is 23.5 Å². The molecule has 2 bridgehead atoms. The Morgan fingerprint density at radius 1 is 1.12 bits per heavy atom. The summed E-state index contributed by atoms with van der Waals surface area (Å²) in [7, 11) is -2.75. The van der Waals surface area contributed by atoms with Gasteiger partial charge in [-0.15, -0.1) is 0 Å². The zero-order valence-electron chi connectivity index (χ0n) is 10.2. The van der Waals surface area contributed by atoms with E-state index < -0.39 is 9.84 Å². The summed E-state index contributed by atoms with van der Waals surface area (Å²) in [6.07, 6.45) is 3.98. The van der Waals surface area contributed by atoms with E-state index in [2.05, 4.69) is 4.90 Å². The third kappa shape index (κ3) is 2.25. The molecule has 4 nitrogen and oxygen atoms in total. The second-order valence-corrected chi connectivity index (χ2v) is 8.33. The molecule has 0 radical (unpaired) electrons. The van der Waals surface area contributed by atoms with Gasteiger partial charge in [0.1, 0.15) is 0 Å². The van der Waals surface area contributed by atoms with Gasteiger partial charge in [0.05, 0.1) is 11.5 Å². The average Bonchev–Trinajstić information content (AvgIpc) is 2.85. The van der Waals surface area contributed by atoms with Crippen molar-refractivity contribution >= 4 is 9.84 Å². The molecule has 0 aromatic heterocycles. The molecule has 4 atom stereocenters. The van der Waals surface area contributed by atoms with Gasteiger partial charge < -0.3 is 10.6 Å². The Hall–Kier alpha value is -0.130. The highest BCUT2D eigenvalue weighted by molar-refractivity contribution is 7.91. The molecule has 0 aromatic carbocycles. The minimum absolute atomic E-state index is 0.336. The molecular formula is C12H22N2O2S. The minimum atomic E-state index is -2.75. The summed E-state index contributed by atoms with van der Waals surface area (Å²) >= 11 is 0. The quantitative estimate of drug-likeness (QED) is 0.762. The van der Waals surface area contributed by atoms with Crippen LogP contribution in [0.3, 0.4) is 0 Å². The Bertz CT molecular complexity index is 379. The molecule has 98 valence electrons. The number of hydrogen-bond acceptors (Lipinski definition) is 4. The lowest BCUT2D eigenvalue weighted by Crippen LogP contribution is -2.47. The predicted octanol–water partition coefficient (Wildman–Crippen LogP) is 0.0902. The summed E-state index contributed by atoms with van der Waals surface area (Å²) in [5, 5.41) is 0. The fourth-order valence-electron chi connectivity index (χ4n) is 3.96. The summed E-state index contributed by atoms with van der Waals surface area (Å²) < 4.78 is 22.7. The first-order valence-electron chi connectivity index (χ1n) is 6.73. The molecule has 2 N–H and O–H groups in total. The topological polar surface area (TPSA) is 63.4 Å². The van der Waals surface area contributed by atoms with Gasteiger partial charge >= 0.3 is 0 Å². The Morgan fingerprint density at radius 3 is 2.35 bits per heavy atom. The van der Waals surface area contributed by atoms with E-state index in [4.69, 9.17) is 5.73 Å². The van der Waals surface area contributed by atoms with Gasteiger partial charge in [-0.1, -0.05) is 0 Å². The maximum Gasteiger partial charge on any atom is 0.152 e. The third-order valence-electron chi connectivity index (χ3n) is 5.06. The van der Waals surface area contributed by atoms with Crippen molar-refractivity contribution in [3.8, 4) is 0 Å². The van der Waals surface area contributed by atoms with Crippen LogP contribution < -0.4 is 5.73 Å². The highest BCUT2D eigenvalue weighted by atomic mass is 32.2. The van der Waals surface area contributed by atoms with Gasteiger partial charge in [0.2, 0.25) is 0 Å². The van der Waals surface area contributed by atoms with E-state index in [1.807, 2.05) is 0 Å². The molecule has 0 amide bonds. The third-order valence-corrected chi connectivity index (χ3v) is 6.67. The SMILES string of the molecule is NC1C2CCC(C2)C1CN1CCS(=O)(=O)CC1. The van der Waals surface area contributed by atoms with Crippen LogP contribution in [0.4, 0.5) is 0 Å². The molecule has 1 saturated heterocycles. The number of fused-ring (bicyclic) bond motifs is 2. The minimum Gasteiger partial charge on any atom is -0.327 e. The van der Waals surface area contributed by atoms with E-state index in [1.165, 1.54) is 19.3 Å². The van der Waals surface area contributed by atoms with Crippen LogP contribution >= 0.6 is 0 Å². The molecule has 2 aliphatic carbocycles. The first-order chi connectivity index (χ1) is 8.05. The van der Waals surface area contributed by atoms with Crippen molar-refractivity contribution in [3.05, 3.63) is 0 Å². The standard InChI is InChI=1S/C12H22N2O2S/c13-12-10-2-1-9(7-10)11(12)8-14-3-5-17(15,16)6-4-14/h9-12H,1-8,13H2. The van der Waals surface area contributed by atoms with Gasteiger partial charge in [-0.25, -0.2) is 8.42 Å². The van der Waals surface area contributed by atoms with Gasteiger partial charge in [0, 0.05) is 25.7 Å². The van der Waals surface area contributed by atoms with Crippen molar-refractivity contribution < 1.29 is 8.42 Å². The smallest absolute Gasteiger partial charge is 0.152 e. The number of hydrogen-bond donors (Lipinski definition) is 1. The molecule has 4 unspecified atom stereocenters. The lowest BCUT2D eigenvalue weighted by molar-refractivity contribution is 0.183. The van der Waals surface area contributed by atoms with Gasteiger partial charge in [-0.3, -0.25) is 0 Å². The maximum absolute atomic E-state index is 11.4. The molecule has 0 aromatic rings. The van der Waals surface area contributed by atoms with Gasteiger partial charge in [-0.05, 0) is 37.0 Å². The van der Waals surface area contributed by atoms with Crippen LogP contribution in [0, 0.1) is 17.8 Å². The van der Waals surface area contributed by atoms with Crippen LogP contribution in [0.25, 0.3) is 0 Å². The van der Waals surface area contributed by atoms with Crippen LogP contribution in [0.1, 0.15) is 19.3 Å². The molecule has 3 rings (SSSR count). The van der Waals surface area contributed by atoms with Crippen LogP contribution in [-0.4, -0.2) is 50.5 Å². The highest BCUT2D eigenvalue weighted by Crippen LogP contribution is 2.47. The van der Waals surface area contributed by atoms with E-state index in [0.29, 0.717) is 36.6 Å². The average molecular weight is 258 g/mol. The Labute approximate surface area is 103 Å².